The van der Waals surface area contributed by atoms with Gasteiger partial charge in [0, 0.05) is 17.8 Å². The molecule has 0 saturated heterocycles. The second-order valence-electron chi connectivity index (χ2n) is 4.23. The van der Waals surface area contributed by atoms with E-state index in [2.05, 4.69) is 26.7 Å². The van der Waals surface area contributed by atoms with Crippen molar-refractivity contribution in [3.8, 4) is 0 Å². The van der Waals surface area contributed by atoms with E-state index in [1.165, 1.54) is 0 Å². The Labute approximate surface area is 110 Å². The highest BCUT2D eigenvalue weighted by Crippen LogP contribution is 2.23. The van der Waals surface area contributed by atoms with Crippen molar-refractivity contribution in [1.82, 2.24) is 20.6 Å². The summed E-state index contributed by atoms with van der Waals surface area (Å²) in [4.78, 5) is 4.31. The Hall–Kier alpha value is -2.37. The number of nitrogens with two attached hydrogens (primary N) is 1. The summed E-state index contributed by atoms with van der Waals surface area (Å²) in [5, 5.41) is 8.75. The van der Waals surface area contributed by atoms with E-state index in [1.54, 1.807) is 18.6 Å². The minimum absolute atomic E-state index is 0.111. The summed E-state index contributed by atoms with van der Waals surface area (Å²) in [6, 6.07) is 11.8. The molecule has 3 N–H and O–H groups in total. The van der Waals surface area contributed by atoms with Crippen LogP contribution < -0.4 is 11.3 Å². The van der Waals surface area contributed by atoms with Gasteiger partial charge >= 0.3 is 0 Å². The van der Waals surface area contributed by atoms with Crippen molar-refractivity contribution < 1.29 is 0 Å². The van der Waals surface area contributed by atoms with E-state index in [9.17, 15) is 0 Å². The van der Waals surface area contributed by atoms with E-state index in [0.717, 1.165) is 22.0 Å². The van der Waals surface area contributed by atoms with Crippen LogP contribution in [0.15, 0.2) is 55.0 Å². The number of rotatable bonds is 3. The van der Waals surface area contributed by atoms with Gasteiger partial charge in [-0.05, 0) is 35.4 Å². The molecule has 1 aromatic carbocycles. The van der Waals surface area contributed by atoms with Gasteiger partial charge < -0.3 is 0 Å². The van der Waals surface area contributed by atoms with Crippen molar-refractivity contribution in [2.75, 3.05) is 0 Å². The molecular weight excluding hydrogens is 238 g/mol. The lowest BCUT2D eigenvalue weighted by Crippen LogP contribution is -2.28. The molecule has 1 unspecified atom stereocenters. The third kappa shape index (κ3) is 2.29. The molecule has 3 aromatic rings. The average molecular weight is 251 g/mol. The van der Waals surface area contributed by atoms with Gasteiger partial charge in [0.2, 0.25) is 0 Å². The normalized spacial score (nSPS) is 12.5. The molecule has 2 aromatic heterocycles. The highest BCUT2D eigenvalue weighted by Gasteiger charge is 2.13. The van der Waals surface area contributed by atoms with Crippen molar-refractivity contribution in [2.45, 2.75) is 6.04 Å². The SMILES string of the molecule is NNC(c1ccnnc1)c1ccc2ncccc2c1. The molecule has 5 heteroatoms. The summed E-state index contributed by atoms with van der Waals surface area (Å²) in [6.07, 6.45) is 5.15. The number of hydrogen-bond acceptors (Lipinski definition) is 5. The van der Waals surface area contributed by atoms with Crippen LogP contribution in [0.1, 0.15) is 17.2 Å². The Morgan fingerprint density at radius 1 is 1.00 bits per heavy atom. The Morgan fingerprint density at radius 2 is 1.95 bits per heavy atom. The molecule has 0 radical (unpaired) electrons. The van der Waals surface area contributed by atoms with Crippen molar-refractivity contribution in [3.63, 3.8) is 0 Å². The number of fused-ring (bicyclic) bond motifs is 1. The first-order chi connectivity index (χ1) is 9.38. The summed E-state index contributed by atoms with van der Waals surface area (Å²) in [6.45, 7) is 0. The maximum Gasteiger partial charge on any atom is 0.0726 e. The number of benzene rings is 1. The van der Waals surface area contributed by atoms with Crippen LogP contribution in [-0.2, 0) is 0 Å². The van der Waals surface area contributed by atoms with Gasteiger partial charge in [0.05, 0.1) is 17.8 Å². The van der Waals surface area contributed by atoms with Gasteiger partial charge in [-0.2, -0.15) is 10.2 Å². The van der Waals surface area contributed by atoms with E-state index < -0.39 is 0 Å². The number of hydrazine groups is 1. The monoisotopic (exact) mass is 251 g/mol. The van der Waals surface area contributed by atoms with Crippen LogP contribution in [0.5, 0.6) is 0 Å². The lowest BCUT2D eigenvalue weighted by atomic mass is 9.99. The summed E-state index contributed by atoms with van der Waals surface area (Å²) >= 11 is 0. The van der Waals surface area contributed by atoms with Gasteiger partial charge in [-0.25, -0.2) is 5.43 Å². The largest absolute Gasteiger partial charge is 0.271 e. The van der Waals surface area contributed by atoms with Crippen LogP contribution in [0.2, 0.25) is 0 Å². The molecule has 0 spiro atoms. The highest BCUT2D eigenvalue weighted by molar-refractivity contribution is 5.79. The first-order valence-corrected chi connectivity index (χ1v) is 5.96. The molecule has 0 saturated carbocycles. The van der Waals surface area contributed by atoms with Gasteiger partial charge in [0.15, 0.2) is 0 Å². The third-order valence-corrected chi connectivity index (χ3v) is 3.07. The predicted octanol–water partition coefficient (Wildman–Crippen LogP) is 1.58. The van der Waals surface area contributed by atoms with Crippen LogP contribution >= 0.6 is 0 Å². The van der Waals surface area contributed by atoms with Crippen molar-refractivity contribution in [1.29, 1.82) is 0 Å². The second kappa shape index (κ2) is 5.09. The number of nitrogens with one attached hydrogen (secondary N) is 1. The van der Waals surface area contributed by atoms with Gasteiger partial charge in [-0.15, -0.1) is 0 Å². The Bertz CT molecular complexity index is 683. The third-order valence-electron chi connectivity index (χ3n) is 3.07. The molecule has 0 aliphatic rings. The van der Waals surface area contributed by atoms with Crippen molar-refractivity contribution in [2.24, 2.45) is 5.84 Å². The Balaban J connectivity index is 2.06. The molecule has 19 heavy (non-hydrogen) atoms. The van der Waals surface area contributed by atoms with E-state index in [4.69, 9.17) is 5.84 Å². The zero-order valence-corrected chi connectivity index (χ0v) is 10.2. The number of pyridine rings is 1. The van der Waals surface area contributed by atoms with E-state index in [1.807, 2.05) is 30.3 Å². The van der Waals surface area contributed by atoms with Crippen LogP contribution in [0, 0.1) is 0 Å². The van der Waals surface area contributed by atoms with Gasteiger partial charge in [-0.1, -0.05) is 12.1 Å². The minimum atomic E-state index is -0.111. The maximum absolute atomic E-state index is 5.67. The summed E-state index contributed by atoms with van der Waals surface area (Å²) in [5.74, 6) is 5.67. The summed E-state index contributed by atoms with van der Waals surface area (Å²) < 4.78 is 0. The molecule has 94 valence electrons. The van der Waals surface area contributed by atoms with E-state index in [-0.39, 0.29) is 6.04 Å². The average Bonchev–Trinajstić information content (AvgIpc) is 2.49. The van der Waals surface area contributed by atoms with Gasteiger partial charge in [0.25, 0.3) is 0 Å². The number of aromatic nitrogens is 3. The molecule has 1 atom stereocenters. The minimum Gasteiger partial charge on any atom is -0.271 e. The lowest BCUT2D eigenvalue weighted by Gasteiger charge is -2.16. The molecule has 2 heterocycles. The molecule has 0 amide bonds. The number of hydrogen-bond donors (Lipinski definition) is 2. The quantitative estimate of drug-likeness (QED) is 0.546. The van der Waals surface area contributed by atoms with E-state index >= 15 is 0 Å². The van der Waals surface area contributed by atoms with Crippen LogP contribution in [-0.4, -0.2) is 15.2 Å². The fraction of sp³-hybridized carbons (Fsp3) is 0.0714. The van der Waals surface area contributed by atoms with Gasteiger partial charge in [-0.3, -0.25) is 10.8 Å². The van der Waals surface area contributed by atoms with Crippen LogP contribution in [0.25, 0.3) is 10.9 Å². The molecule has 0 aliphatic heterocycles. The predicted molar refractivity (Wildman–Crippen MR) is 72.9 cm³/mol. The first kappa shape index (κ1) is 11.7. The molecule has 0 aliphatic carbocycles. The van der Waals surface area contributed by atoms with Crippen LogP contribution in [0.4, 0.5) is 0 Å². The van der Waals surface area contributed by atoms with E-state index in [0.29, 0.717) is 0 Å². The fourth-order valence-electron chi connectivity index (χ4n) is 2.13. The highest BCUT2D eigenvalue weighted by atomic mass is 15.2. The Kier molecular flexibility index (Phi) is 3.14. The van der Waals surface area contributed by atoms with Crippen molar-refractivity contribution in [3.05, 3.63) is 66.1 Å². The molecule has 3 rings (SSSR count). The molecule has 5 nitrogen and oxygen atoms in total. The zero-order chi connectivity index (χ0) is 13.1. The first-order valence-electron chi connectivity index (χ1n) is 5.96. The molecule has 0 fully saturated rings. The zero-order valence-electron chi connectivity index (χ0n) is 10.2. The van der Waals surface area contributed by atoms with Crippen LogP contribution in [0.3, 0.4) is 0 Å². The number of nitrogens with zero attached hydrogens (tertiary/aromatic N) is 3. The van der Waals surface area contributed by atoms with Crippen molar-refractivity contribution >= 4 is 10.9 Å². The second-order valence-corrected chi connectivity index (χ2v) is 4.23. The topological polar surface area (TPSA) is 76.7 Å². The molecular formula is C14H13N5. The Morgan fingerprint density at radius 3 is 2.74 bits per heavy atom. The fourth-order valence-corrected chi connectivity index (χ4v) is 2.13. The molecule has 0 bridgehead atoms. The van der Waals surface area contributed by atoms with Gasteiger partial charge in [0.1, 0.15) is 0 Å². The standard InChI is InChI=1S/C14H13N5/c15-19-14(12-5-7-17-18-9-12)11-3-4-13-10(8-11)2-1-6-16-13/h1-9,14,19H,15H2. The smallest absolute Gasteiger partial charge is 0.0726 e. The summed E-state index contributed by atoms with van der Waals surface area (Å²) in [7, 11) is 0. The maximum atomic E-state index is 5.67. The summed E-state index contributed by atoms with van der Waals surface area (Å²) in [5.41, 5.74) is 5.82. The lowest BCUT2D eigenvalue weighted by molar-refractivity contribution is 0.633.